The van der Waals surface area contributed by atoms with Crippen LogP contribution in [0, 0.1) is 0 Å². The molecule has 10 heteroatoms. The van der Waals surface area contributed by atoms with Crippen molar-refractivity contribution >= 4 is 35.1 Å². The van der Waals surface area contributed by atoms with Crippen LogP contribution in [0.25, 0.3) is 0 Å². The standard InChI is InChI=1S/C21H29N3O6S/c1-3-4-11-29-16-7-5-15(6-8-16)19(26)23-21(31)24-10-9-22-20(27)17(24)14-18(25)30-13-12-28-2/h5-8,17H,3-4,9-14H2,1-2H3,(H,22,27)(H,23,26,31). The van der Waals surface area contributed by atoms with E-state index in [1.54, 1.807) is 24.3 Å². The molecule has 31 heavy (non-hydrogen) atoms. The molecule has 2 rings (SSSR count). The quantitative estimate of drug-likeness (QED) is 0.311. The van der Waals surface area contributed by atoms with Gasteiger partial charge in [-0.15, -0.1) is 0 Å². The minimum Gasteiger partial charge on any atom is -0.494 e. The summed E-state index contributed by atoms with van der Waals surface area (Å²) in [5.41, 5.74) is 0.405. The molecule has 1 fully saturated rings. The summed E-state index contributed by atoms with van der Waals surface area (Å²) in [6.07, 6.45) is 1.81. The number of unbranched alkanes of at least 4 members (excludes halogenated alkanes) is 1. The second-order valence-electron chi connectivity index (χ2n) is 6.90. The van der Waals surface area contributed by atoms with E-state index in [1.807, 2.05) is 0 Å². The van der Waals surface area contributed by atoms with Gasteiger partial charge in [-0.1, -0.05) is 13.3 Å². The molecule has 0 spiro atoms. The average Bonchev–Trinajstić information content (AvgIpc) is 2.76. The molecule has 1 atom stereocenters. The maximum atomic E-state index is 12.6. The second-order valence-corrected chi connectivity index (χ2v) is 7.29. The lowest BCUT2D eigenvalue weighted by molar-refractivity contribution is -0.148. The predicted molar refractivity (Wildman–Crippen MR) is 118 cm³/mol. The van der Waals surface area contributed by atoms with Crippen molar-refractivity contribution in [2.24, 2.45) is 0 Å². The van der Waals surface area contributed by atoms with Crippen molar-refractivity contribution in [3.8, 4) is 5.75 Å². The average molecular weight is 452 g/mol. The summed E-state index contributed by atoms with van der Waals surface area (Å²) in [6.45, 7) is 3.80. The summed E-state index contributed by atoms with van der Waals surface area (Å²) in [4.78, 5) is 38.5. The normalized spacial score (nSPS) is 15.7. The zero-order chi connectivity index (χ0) is 22.6. The number of thiocarbonyl (C=S) groups is 1. The Labute approximate surface area is 187 Å². The van der Waals surface area contributed by atoms with E-state index < -0.39 is 17.9 Å². The number of hydrogen-bond acceptors (Lipinski definition) is 7. The number of nitrogens with zero attached hydrogens (tertiary/aromatic N) is 1. The third-order valence-corrected chi connectivity index (χ3v) is 4.94. The number of amides is 2. The molecule has 1 heterocycles. The van der Waals surface area contributed by atoms with E-state index >= 15 is 0 Å². The number of methoxy groups -OCH3 is 1. The lowest BCUT2D eigenvalue weighted by Gasteiger charge is -2.36. The largest absolute Gasteiger partial charge is 0.494 e. The summed E-state index contributed by atoms with van der Waals surface area (Å²) < 4.78 is 15.5. The molecule has 0 aromatic heterocycles. The topological polar surface area (TPSA) is 106 Å². The van der Waals surface area contributed by atoms with E-state index in [0.29, 0.717) is 31.0 Å². The van der Waals surface area contributed by atoms with E-state index in [-0.39, 0.29) is 30.7 Å². The van der Waals surface area contributed by atoms with Crippen LogP contribution in [-0.2, 0) is 19.1 Å². The molecular weight excluding hydrogens is 422 g/mol. The number of hydrogen-bond donors (Lipinski definition) is 2. The summed E-state index contributed by atoms with van der Waals surface area (Å²) in [6, 6.07) is 5.88. The van der Waals surface area contributed by atoms with Gasteiger partial charge < -0.3 is 24.4 Å². The second kappa shape index (κ2) is 12.9. The molecule has 170 valence electrons. The number of rotatable bonds is 10. The first-order valence-corrected chi connectivity index (χ1v) is 10.6. The molecule has 1 saturated heterocycles. The highest BCUT2D eigenvalue weighted by molar-refractivity contribution is 7.80. The van der Waals surface area contributed by atoms with Crippen LogP contribution in [0.3, 0.4) is 0 Å². The third-order valence-electron chi connectivity index (χ3n) is 4.61. The van der Waals surface area contributed by atoms with Crippen LogP contribution in [0.15, 0.2) is 24.3 Å². The van der Waals surface area contributed by atoms with Crippen LogP contribution in [0.2, 0.25) is 0 Å². The first kappa shape index (κ1) is 24.5. The smallest absolute Gasteiger partial charge is 0.308 e. The summed E-state index contributed by atoms with van der Waals surface area (Å²) in [5, 5.41) is 5.42. The van der Waals surface area contributed by atoms with Gasteiger partial charge >= 0.3 is 5.97 Å². The molecule has 0 radical (unpaired) electrons. The molecule has 1 unspecified atom stereocenters. The van der Waals surface area contributed by atoms with Gasteiger partial charge in [0.2, 0.25) is 5.91 Å². The SMILES string of the molecule is CCCCOc1ccc(C(=O)NC(=S)N2CCNC(=O)C2CC(=O)OCCOC)cc1. The summed E-state index contributed by atoms with van der Waals surface area (Å²) >= 11 is 5.35. The molecular formula is C21H29N3O6S. The van der Waals surface area contributed by atoms with Gasteiger partial charge in [-0.25, -0.2) is 0 Å². The van der Waals surface area contributed by atoms with Crippen LogP contribution in [0.4, 0.5) is 0 Å². The Morgan fingerprint density at radius 2 is 1.97 bits per heavy atom. The molecule has 0 saturated carbocycles. The lowest BCUT2D eigenvalue weighted by atomic mass is 10.1. The van der Waals surface area contributed by atoms with Crippen molar-refractivity contribution in [1.29, 1.82) is 0 Å². The van der Waals surface area contributed by atoms with Crippen LogP contribution in [0.5, 0.6) is 5.75 Å². The minimum absolute atomic E-state index is 0.0813. The molecule has 1 aliphatic heterocycles. The fraction of sp³-hybridized carbons (Fsp3) is 0.524. The van der Waals surface area contributed by atoms with Crippen LogP contribution in [-0.4, -0.2) is 73.9 Å². The Bertz CT molecular complexity index is 771. The molecule has 1 aromatic rings. The van der Waals surface area contributed by atoms with Gasteiger partial charge in [0.05, 0.1) is 19.6 Å². The highest BCUT2D eigenvalue weighted by Gasteiger charge is 2.34. The molecule has 0 bridgehead atoms. The highest BCUT2D eigenvalue weighted by Crippen LogP contribution is 2.14. The van der Waals surface area contributed by atoms with E-state index in [9.17, 15) is 14.4 Å². The van der Waals surface area contributed by atoms with Crippen LogP contribution in [0.1, 0.15) is 36.5 Å². The van der Waals surface area contributed by atoms with Gasteiger partial charge in [0, 0.05) is 25.8 Å². The Hall–Kier alpha value is -2.72. The van der Waals surface area contributed by atoms with Crippen molar-refractivity contribution in [3.05, 3.63) is 29.8 Å². The van der Waals surface area contributed by atoms with Gasteiger partial charge in [0.15, 0.2) is 5.11 Å². The molecule has 1 aromatic carbocycles. The van der Waals surface area contributed by atoms with E-state index in [1.165, 1.54) is 12.0 Å². The minimum atomic E-state index is -0.856. The Morgan fingerprint density at radius 3 is 2.65 bits per heavy atom. The maximum absolute atomic E-state index is 12.6. The van der Waals surface area contributed by atoms with Crippen LogP contribution >= 0.6 is 12.2 Å². The fourth-order valence-electron chi connectivity index (χ4n) is 2.89. The monoisotopic (exact) mass is 451 g/mol. The van der Waals surface area contributed by atoms with Gasteiger partial charge in [-0.05, 0) is 42.9 Å². The van der Waals surface area contributed by atoms with Crippen molar-refractivity contribution in [1.82, 2.24) is 15.5 Å². The molecule has 2 N–H and O–H groups in total. The fourth-order valence-corrected chi connectivity index (χ4v) is 3.21. The molecule has 2 amide bonds. The predicted octanol–water partition coefficient (Wildman–Crippen LogP) is 1.26. The lowest BCUT2D eigenvalue weighted by Crippen LogP contribution is -2.60. The highest BCUT2D eigenvalue weighted by atomic mass is 32.1. The Morgan fingerprint density at radius 1 is 1.23 bits per heavy atom. The first-order valence-electron chi connectivity index (χ1n) is 10.2. The molecule has 9 nitrogen and oxygen atoms in total. The van der Waals surface area contributed by atoms with Crippen molar-refractivity contribution < 1.29 is 28.6 Å². The Kier molecular flexibility index (Phi) is 10.2. The number of esters is 1. The zero-order valence-corrected chi connectivity index (χ0v) is 18.7. The van der Waals surface area contributed by atoms with Crippen molar-refractivity contribution in [3.63, 3.8) is 0 Å². The third kappa shape index (κ3) is 7.80. The van der Waals surface area contributed by atoms with Crippen LogP contribution < -0.4 is 15.4 Å². The summed E-state index contributed by atoms with van der Waals surface area (Å²) in [7, 11) is 1.50. The van der Waals surface area contributed by atoms with Gasteiger partial charge in [0.25, 0.3) is 5.91 Å². The number of piperazine rings is 1. The van der Waals surface area contributed by atoms with E-state index in [4.69, 9.17) is 26.4 Å². The van der Waals surface area contributed by atoms with Gasteiger partial charge in [0.1, 0.15) is 18.4 Å². The van der Waals surface area contributed by atoms with Gasteiger partial charge in [-0.3, -0.25) is 19.7 Å². The maximum Gasteiger partial charge on any atom is 0.308 e. The number of benzene rings is 1. The Balaban J connectivity index is 1.95. The van der Waals surface area contributed by atoms with Gasteiger partial charge in [-0.2, -0.15) is 0 Å². The summed E-state index contributed by atoms with van der Waals surface area (Å²) in [5.74, 6) is -0.609. The van der Waals surface area contributed by atoms with Crippen molar-refractivity contribution in [2.75, 3.05) is 40.0 Å². The number of carbonyl (C=O) groups is 3. The van der Waals surface area contributed by atoms with Crippen molar-refractivity contribution in [2.45, 2.75) is 32.2 Å². The molecule has 0 aliphatic carbocycles. The number of carbonyl (C=O) groups excluding carboxylic acids is 3. The number of ether oxygens (including phenoxy) is 3. The van der Waals surface area contributed by atoms with E-state index in [0.717, 1.165) is 12.8 Å². The molecule has 1 aliphatic rings. The zero-order valence-electron chi connectivity index (χ0n) is 17.8. The van der Waals surface area contributed by atoms with E-state index in [2.05, 4.69) is 17.6 Å². The number of nitrogens with one attached hydrogen (secondary N) is 2. The first-order chi connectivity index (χ1) is 15.0.